The van der Waals surface area contributed by atoms with Crippen molar-refractivity contribution < 1.29 is 0 Å². The molecule has 0 aromatic rings. The first-order chi connectivity index (χ1) is 8.99. The molecule has 19 heavy (non-hydrogen) atoms. The normalized spacial score (nSPS) is 33.9. The minimum atomic E-state index is 0.185. The van der Waals surface area contributed by atoms with E-state index in [4.69, 9.17) is 5.26 Å². The molecule has 2 aliphatic rings. The summed E-state index contributed by atoms with van der Waals surface area (Å²) < 4.78 is 0. The molecule has 0 unspecified atom stereocenters. The molecule has 0 spiro atoms. The quantitative estimate of drug-likeness (QED) is 0.832. The summed E-state index contributed by atoms with van der Waals surface area (Å²) in [6, 6.07) is 3.72. The minimum Gasteiger partial charge on any atom is -0.308 e. The van der Waals surface area contributed by atoms with Gasteiger partial charge in [-0.3, -0.25) is 4.90 Å². The van der Waals surface area contributed by atoms with E-state index in [-0.39, 0.29) is 11.5 Å². The topological polar surface area (TPSA) is 39.1 Å². The maximum Gasteiger partial charge on any atom is 0.0669 e. The zero-order chi connectivity index (χ0) is 13.9. The molecule has 0 aromatic carbocycles. The highest BCUT2D eigenvalue weighted by Crippen LogP contribution is 2.28. The number of nitrogens with zero attached hydrogens (tertiary/aromatic N) is 2. The van der Waals surface area contributed by atoms with E-state index in [0.717, 1.165) is 13.0 Å². The summed E-state index contributed by atoms with van der Waals surface area (Å²) in [5, 5.41) is 13.0. The lowest BCUT2D eigenvalue weighted by Crippen LogP contribution is -2.58. The Balaban J connectivity index is 2.00. The first kappa shape index (κ1) is 14.8. The van der Waals surface area contributed by atoms with Crippen LogP contribution in [0, 0.1) is 17.2 Å². The Morgan fingerprint density at radius 2 is 1.84 bits per heavy atom. The Labute approximate surface area is 118 Å². The number of hydrogen-bond acceptors (Lipinski definition) is 3. The van der Waals surface area contributed by atoms with Crippen LogP contribution in [0.2, 0.25) is 0 Å². The molecular weight excluding hydrogens is 234 g/mol. The van der Waals surface area contributed by atoms with Crippen LogP contribution in [0.5, 0.6) is 0 Å². The molecule has 1 saturated heterocycles. The van der Waals surface area contributed by atoms with Crippen LogP contribution in [0.25, 0.3) is 0 Å². The third-order valence-electron chi connectivity index (χ3n) is 4.45. The second-order valence-electron chi connectivity index (χ2n) is 7.32. The second-order valence-corrected chi connectivity index (χ2v) is 7.32. The smallest absolute Gasteiger partial charge is 0.0669 e. The minimum absolute atomic E-state index is 0.185. The molecular formula is C16H29N3. The molecule has 1 aliphatic carbocycles. The van der Waals surface area contributed by atoms with Crippen molar-refractivity contribution in [3.8, 4) is 6.07 Å². The SMILES string of the molecule is CC(C)(C)N[C@H]1CCCC[C@@H]1N1CCC[C@H](C#N)C1. The molecule has 0 bridgehead atoms. The second kappa shape index (κ2) is 6.24. The van der Waals surface area contributed by atoms with E-state index in [1.807, 2.05) is 0 Å². The van der Waals surface area contributed by atoms with Crippen molar-refractivity contribution >= 4 is 0 Å². The zero-order valence-electron chi connectivity index (χ0n) is 12.8. The van der Waals surface area contributed by atoms with Crippen LogP contribution in [-0.2, 0) is 0 Å². The third-order valence-corrected chi connectivity index (χ3v) is 4.45. The van der Waals surface area contributed by atoms with Crippen LogP contribution in [0.3, 0.4) is 0 Å². The average molecular weight is 263 g/mol. The molecule has 3 nitrogen and oxygen atoms in total. The molecule has 0 radical (unpaired) electrons. The first-order valence-corrected chi connectivity index (χ1v) is 7.91. The fourth-order valence-electron chi connectivity index (χ4n) is 3.69. The molecule has 2 fully saturated rings. The molecule has 1 heterocycles. The Kier molecular flexibility index (Phi) is 4.86. The highest BCUT2D eigenvalue weighted by molar-refractivity contribution is 4.96. The van der Waals surface area contributed by atoms with Crippen molar-refractivity contribution in [3.05, 3.63) is 0 Å². The van der Waals surface area contributed by atoms with Gasteiger partial charge in [-0.1, -0.05) is 12.8 Å². The number of hydrogen-bond donors (Lipinski definition) is 1. The number of nitriles is 1. The van der Waals surface area contributed by atoms with Crippen molar-refractivity contribution in [1.29, 1.82) is 5.26 Å². The van der Waals surface area contributed by atoms with Crippen LogP contribution in [-0.4, -0.2) is 35.6 Å². The molecule has 3 atom stereocenters. The predicted octanol–water partition coefficient (Wildman–Crippen LogP) is 2.92. The number of piperidine rings is 1. The van der Waals surface area contributed by atoms with Gasteiger partial charge in [-0.05, 0) is 53.0 Å². The molecule has 0 amide bonds. The Morgan fingerprint density at radius 3 is 2.53 bits per heavy atom. The number of likely N-dealkylation sites (tertiary alicyclic amines) is 1. The van der Waals surface area contributed by atoms with Crippen molar-refractivity contribution in [2.45, 2.75) is 76.9 Å². The monoisotopic (exact) mass is 263 g/mol. The maximum absolute atomic E-state index is 9.17. The van der Waals surface area contributed by atoms with E-state index in [0.29, 0.717) is 12.1 Å². The lowest BCUT2D eigenvalue weighted by Gasteiger charge is -2.45. The van der Waals surface area contributed by atoms with Gasteiger partial charge in [0.05, 0.1) is 12.0 Å². The summed E-state index contributed by atoms with van der Waals surface area (Å²) in [6.45, 7) is 8.95. The summed E-state index contributed by atoms with van der Waals surface area (Å²) in [5.41, 5.74) is 0.185. The van der Waals surface area contributed by atoms with Gasteiger partial charge in [0.1, 0.15) is 0 Å². The third kappa shape index (κ3) is 4.19. The standard InChI is InChI=1S/C16H29N3/c1-16(2,3)18-14-8-4-5-9-15(14)19-10-6-7-13(11-17)12-19/h13-15,18H,4-10,12H2,1-3H3/t13-,14+,15+/m1/s1. The van der Waals surface area contributed by atoms with Crippen LogP contribution >= 0.6 is 0 Å². The zero-order valence-corrected chi connectivity index (χ0v) is 12.8. The molecule has 1 N–H and O–H groups in total. The largest absolute Gasteiger partial charge is 0.308 e. The van der Waals surface area contributed by atoms with E-state index >= 15 is 0 Å². The Bertz CT molecular complexity index is 326. The van der Waals surface area contributed by atoms with E-state index < -0.39 is 0 Å². The van der Waals surface area contributed by atoms with E-state index in [1.165, 1.54) is 38.6 Å². The summed E-state index contributed by atoms with van der Waals surface area (Å²) in [4.78, 5) is 2.60. The van der Waals surface area contributed by atoms with Crippen LogP contribution in [0.1, 0.15) is 59.3 Å². The fourth-order valence-corrected chi connectivity index (χ4v) is 3.69. The van der Waals surface area contributed by atoms with Crippen molar-refractivity contribution in [2.75, 3.05) is 13.1 Å². The van der Waals surface area contributed by atoms with Crippen LogP contribution in [0.4, 0.5) is 0 Å². The summed E-state index contributed by atoms with van der Waals surface area (Å²) in [7, 11) is 0. The predicted molar refractivity (Wildman–Crippen MR) is 78.8 cm³/mol. The van der Waals surface area contributed by atoms with Gasteiger partial charge in [-0.2, -0.15) is 5.26 Å². The van der Waals surface area contributed by atoms with Gasteiger partial charge in [-0.15, -0.1) is 0 Å². The molecule has 1 aliphatic heterocycles. The molecule has 3 heteroatoms. The van der Waals surface area contributed by atoms with Gasteiger partial charge in [0, 0.05) is 24.2 Å². The average Bonchev–Trinajstić information content (AvgIpc) is 2.37. The number of nitrogens with one attached hydrogen (secondary N) is 1. The van der Waals surface area contributed by atoms with E-state index in [1.54, 1.807) is 0 Å². The van der Waals surface area contributed by atoms with Gasteiger partial charge >= 0.3 is 0 Å². The lowest BCUT2D eigenvalue weighted by atomic mass is 9.85. The van der Waals surface area contributed by atoms with E-state index in [2.05, 4.69) is 37.1 Å². The van der Waals surface area contributed by atoms with Gasteiger partial charge < -0.3 is 5.32 Å². The Hall–Kier alpha value is -0.590. The van der Waals surface area contributed by atoms with Crippen molar-refractivity contribution in [1.82, 2.24) is 10.2 Å². The van der Waals surface area contributed by atoms with Crippen molar-refractivity contribution in [2.24, 2.45) is 5.92 Å². The van der Waals surface area contributed by atoms with Gasteiger partial charge in [0.15, 0.2) is 0 Å². The van der Waals surface area contributed by atoms with E-state index in [9.17, 15) is 0 Å². The summed E-state index contributed by atoms with van der Waals surface area (Å²) >= 11 is 0. The molecule has 0 aromatic heterocycles. The van der Waals surface area contributed by atoms with Crippen LogP contribution in [0.15, 0.2) is 0 Å². The highest BCUT2D eigenvalue weighted by Gasteiger charge is 2.34. The summed E-state index contributed by atoms with van der Waals surface area (Å²) in [6.07, 6.45) is 7.57. The van der Waals surface area contributed by atoms with Gasteiger partial charge in [0.25, 0.3) is 0 Å². The van der Waals surface area contributed by atoms with Gasteiger partial charge in [0.2, 0.25) is 0 Å². The Morgan fingerprint density at radius 1 is 1.11 bits per heavy atom. The first-order valence-electron chi connectivity index (χ1n) is 7.91. The highest BCUT2D eigenvalue weighted by atomic mass is 15.2. The van der Waals surface area contributed by atoms with Crippen molar-refractivity contribution in [3.63, 3.8) is 0 Å². The number of rotatable bonds is 2. The molecule has 108 valence electrons. The maximum atomic E-state index is 9.17. The fraction of sp³-hybridized carbons (Fsp3) is 0.938. The lowest BCUT2D eigenvalue weighted by molar-refractivity contribution is 0.0781. The van der Waals surface area contributed by atoms with Crippen LogP contribution < -0.4 is 5.32 Å². The molecule has 1 saturated carbocycles. The molecule has 2 rings (SSSR count). The summed E-state index contributed by atoms with van der Waals surface area (Å²) in [5.74, 6) is 0.256. The van der Waals surface area contributed by atoms with Gasteiger partial charge in [-0.25, -0.2) is 0 Å².